The lowest BCUT2D eigenvalue weighted by molar-refractivity contribution is -0.138. The SMILES string of the molecule is CCOC(=O)C1=C(O)/C(=C/c2cc(Br)c(OCC)c(OCC)c2)SC1=NC(=O)c1ccccc1C. The normalized spacial score (nSPS) is 15.6. The second-order valence-corrected chi connectivity index (χ2v) is 9.17. The highest BCUT2D eigenvalue weighted by Crippen LogP contribution is 2.42. The van der Waals surface area contributed by atoms with Gasteiger partial charge in [0.15, 0.2) is 11.5 Å². The highest BCUT2D eigenvalue weighted by atomic mass is 79.9. The zero-order valence-corrected chi connectivity index (χ0v) is 22.3. The number of aliphatic hydroxyl groups excluding tert-OH is 1. The Balaban J connectivity index is 2.06. The molecule has 0 saturated heterocycles. The number of aliphatic imine (C=N–C) groups is 1. The summed E-state index contributed by atoms with van der Waals surface area (Å²) in [5, 5.41) is 11.0. The fourth-order valence-electron chi connectivity index (χ4n) is 3.33. The van der Waals surface area contributed by atoms with Crippen molar-refractivity contribution in [1.29, 1.82) is 0 Å². The van der Waals surface area contributed by atoms with Gasteiger partial charge in [0.05, 0.1) is 29.2 Å². The summed E-state index contributed by atoms with van der Waals surface area (Å²) in [6.45, 7) is 8.24. The summed E-state index contributed by atoms with van der Waals surface area (Å²) in [5.41, 5.74) is 1.72. The van der Waals surface area contributed by atoms with Crippen molar-refractivity contribution in [2.24, 2.45) is 4.99 Å². The minimum absolute atomic E-state index is 0.0792. The van der Waals surface area contributed by atoms with Gasteiger partial charge in [-0.1, -0.05) is 30.0 Å². The Kier molecular flexibility index (Phi) is 9.17. The molecule has 0 aliphatic carbocycles. The first-order valence-electron chi connectivity index (χ1n) is 11.1. The lowest BCUT2D eigenvalue weighted by Crippen LogP contribution is -2.14. The molecule has 0 radical (unpaired) electrons. The summed E-state index contributed by atoms with van der Waals surface area (Å²) >= 11 is 4.53. The van der Waals surface area contributed by atoms with Crippen LogP contribution in [0.4, 0.5) is 0 Å². The van der Waals surface area contributed by atoms with E-state index in [9.17, 15) is 14.7 Å². The minimum atomic E-state index is -0.750. The van der Waals surface area contributed by atoms with Crippen LogP contribution < -0.4 is 9.47 Å². The summed E-state index contributed by atoms with van der Waals surface area (Å²) in [7, 11) is 0. The Bertz CT molecular complexity index is 1230. The van der Waals surface area contributed by atoms with Crippen molar-refractivity contribution in [1.82, 2.24) is 0 Å². The first kappa shape index (κ1) is 26.6. The van der Waals surface area contributed by atoms with Gasteiger partial charge in [-0.15, -0.1) is 0 Å². The van der Waals surface area contributed by atoms with Gasteiger partial charge < -0.3 is 19.3 Å². The molecule has 3 rings (SSSR count). The molecule has 0 aromatic heterocycles. The number of amides is 1. The Morgan fingerprint density at radius 2 is 1.80 bits per heavy atom. The van der Waals surface area contributed by atoms with Crippen molar-refractivity contribution in [2.75, 3.05) is 19.8 Å². The molecule has 0 bridgehead atoms. The molecule has 2 aromatic carbocycles. The van der Waals surface area contributed by atoms with Crippen LogP contribution >= 0.6 is 27.7 Å². The maximum absolute atomic E-state index is 12.9. The van der Waals surface area contributed by atoms with Gasteiger partial charge in [-0.2, -0.15) is 0 Å². The third kappa shape index (κ3) is 6.15. The predicted octanol–water partition coefficient (Wildman–Crippen LogP) is 6.26. The lowest BCUT2D eigenvalue weighted by Gasteiger charge is -2.13. The van der Waals surface area contributed by atoms with Crippen molar-refractivity contribution in [3.05, 3.63) is 73.8 Å². The van der Waals surface area contributed by atoms with E-state index < -0.39 is 11.9 Å². The lowest BCUT2D eigenvalue weighted by atomic mass is 10.1. The van der Waals surface area contributed by atoms with Crippen LogP contribution in [-0.4, -0.2) is 41.8 Å². The number of nitrogens with zero attached hydrogens (tertiary/aromatic N) is 1. The maximum Gasteiger partial charge on any atom is 0.344 e. The van der Waals surface area contributed by atoms with E-state index in [1.807, 2.05) is 26.0 Å². The van der Waals surface area contributed by atoms with Crippen LogP contribution in [-0.2, 0) is 9.53 Å². The van der Waals surface area contributed by atoms with Gasteiger partial charge in [-0.25, -0.2) is 9.79 Å². The molecule has 1 amide bonds. The van der Waals surface area contributed by atoms with Gasteiger partial charge in [-0.3, -0.25) is 4.79 Å². The minimum Gasteiger partial charge on any atom is -0.506 e. The average molecular weight is 560 g/mol. The zero-order valence-electron chi connectivity index (χ0n) is 19.9. The number of rotatable bonds is 8. The smallest absolute Gasteiger partial charge is 0.344 e. The quantitative estimate of drug-likeness (QED) is 0.381. The predicted molar refractivity (Wildman–Crippen MR) is 141 cm³/mol. The molecule has 0 saturated carbocycles. The summed E-state index contributed by atoms with van der Waals surface area (Å²) in [6.07, 6.45) is 1.68. The molecule has 35 heavy (non-hydrogen) atoms. The molecule has 0 atom stereocenters. The van der Waals surface area contributed by atoms with Gasteiger partial charge in [0, 0.05) is 5.56 Å². The zero-order chi connectivity index (χ0) is 25.5. The fraction of sp³-hybridized carbons (Fsp3) is 0.269. The van der Waals surface area contributed by atoms with Crippen LogP contribution in [0.5, 0.6) is 11.5 Å². The molecule has 0 spiro atoms. The second kappa shape index (κ2) is 12.1. The number of aryl methyl sites for hydroxylation is 1. The van der Waals surface area contributed by atoms with E-state index in [-0.39, 0.29) is 23.0 Å². The van der Waals surface area contributed by atoms with E-state index in [1.165, 1.54) is 0 Å². The van der Waals surface area contributed by atoms with Crippen molar-refractivity contribution >= 4 is 50.7 Å². The van der Waals surface area contributed by atoms with Crippen LogP contribution in [0.15, 0.2) is 62.1 Å². The van der Waals surface area contributed by atoms with Crippen LogP contribution in [0.2, 0.25) is 0 Å². The molecule has 184 valence electrons. The van der Waals surface area contributed by atoms with Gasteiger partial charge in [0.2, 0.25) is 0 Å². The molecule has 0 fully saturated rings. The topological polar surface area (TPSA) is 94.4 Å². The summed E-state index contributed by atoms with van der Waals surface area (Å²) in [6, 6.07) is 10.6. The highest BCUT2D eigenvalue weighted by Gasteiger charge is 2.34. The van der Waals surface area contributed by atoms with Crippen molar-refractivity contribution in [3.63, 3.8) is 0 Å². The molecule has 0 unspecified atom stereocenters. The molecular weight excluding hydrogens is 534 g/mol. The fourth-order valence-corrected chi connectivity index (χ4v) is 4.91. The van der Waals surface area contributed by atoms with Crippen LogP contribution in [0.3, 0.4) is 0 Å². The van der Waals surface area contributed by atoms with Crippen molar-refractivity contribution in [2.45, 2.75) is 27.7 Å². The Hall–Kier alpha value is -3.04. The Labute approximate surface area is 217 Å². The molecule has 1 aliphatic heterocycles. The van der Waals surface area contributed by atoms with E-state index in [4.69, 9.17) is 14.2 Å². The third-order valence-corrected chi connectivity index (χ3v) is 6.48. The third-order valence-electron chi connectivity index (χ3n) is 4.87. The first-order valence-corrected chi connectivity index (χ1v) is 12.7. The second-order valence-electron chi connectivity index (χ2n) is 7.29. The van der Waals surface area contributed by atoms with E-state index in [0.717, 1.165) is 17.3 Å². The van der Waals surface area contributed by atoms with Gasteiger partial charge in [-0.05, 0) is 79.0 Å². The summed E-state index contributed by atoms with van der Waals surface area (Å²) in [5.74, 6) is -0.443. The number of hydrogen-bond donors (Lipinski definition) is 1. The molecule has 7 nitrogen and oxygen atoms in total. The van der Waals surface area contributed by atoms with E-state index >= 15 is 0 Å². The van der Waals surface area contributed by atoms with Crippen LogP contribution in [0.1, 0.15) is 42.3 Å². The molecule has 9 heteroatoms. The molecular formula is C26H26BrNO6S. The van der Waals surface area contributed by atoms with E-state index in [2.05, 4.69) is 20.9 Å². The van der Waals surface area contributed by atoms with Crippen LogP contribution in [0, 0.1) is 6.92 Å². The number of benzene rings is 2. The highest BCUT2D eigenvalue weighted by molar-refractivity contribution is 9.10. The number of thioether (sulfide) groups is 1. The number of ether oxygens (including phenoxy) is 3. The maximum atomic E-state index is 12.9. The van der Waals surface area contributed by atoms with Crippen molar-refractivity contribution in [3.8, 4) is 11.5 Å². The number of aliphatic hydroxyl groups is 1. The van der Waals surface area contributed by atoms with Crippen LogP contribution in [0.25, 0.3) is 6.08 Å². The van der Waals surface area contributed by atoms with E-state index in [0.29, 0.717) is 45.2 Å². The number of carbonyl (C=O) groups excluding carboxylic acids is 2. The molecule has 1 N–H and O–H groups in total. The monoisotopic (exact) mass is 559 g/mol. The summed E-state index contributed by atoms with van der Waals surface area (Å²) in [4.78, 5) is 30.0. The standard InChI is InChI=1S/C26H26BrNO6S/c1-5-32-19-13-16(12-18(27)23(19)33-6-2)14-20-22(29)21(26(31)34-7-3)25(35-20)28-24(30)17-11-9-8-10-15(17)4/h8-14,29H,5-7H2,1-4H3/b20-14-,28-25?. The number of hydrogen-bond acceptors (Lipinski definition) is 7. The van der Waals surface area contributed by atoms with Crippen molar-refractivity contribution < 1.29 is 28.9 Å². The molecule has 1 aliphatic rings. The molecule has 1 heterocycles. The van der Waals surface area contributed by atoms with Gasteiger partial charge >= 0.3 is 5.97 Å². The van der Waals surface area contributed by atoms with E-state index in [1.54, 1.807) is 44.2 Å². The summed E-state index contributed by atoms with van der Waals surface area (Å²) < 4.78 is 17.2. The number of halogens is 1. The average Bonchev–Trinajstić information content (AvgIpc) is 3.11. The largest absolute Gasteiger partial charge is 0.506 e. The van der Waals surface area contributed by atoms with Gasteiger partial charge in [0.1, 0.15) is 16.4 Å². The Morgan fingerprint density at radius 1 is 1.09 bits per heavy atom. The molecule has 2 aromatic rings. The number of esters is 1. The van der Waals surface area contributed by atoms with Gasteiger partial charge in [0.25, 0.3) is 5.91 Å². The number of carbonyl (C=O) groups is 2. The first-order chi connectivity index (χ1) is 16.8. The Morgan fingerprint density at radius 3 is 2.46 bits per heavy atom.